The zero-order valence-electron chi connectivity index (χ0n) is 18.2. The Labute approximate surface area is 191 Å². The minimum atomic E-state index is 0. The van der Waals surface area contributed by atoms with E-state index in [2.05, 4.69) is 89.6 Å². The van der Waals surface area contributed by atoms with Crippen molar-refractivity contribution in [1.29, 1.82) is 0 Å². The maximum absolute atomic E-state index is 5.28. The molecule has 8 heteroatoms. The first kappa shape index (κ1) is 25.2. The van der Waals surface area contributed by atoms with Crippen molar-refractivity contribution >= 4 is 35.6 Å². The van der Waals surface area contributed by atoms with Crippen molar-refractivity contribution < 1.29 is 4.52 Å². The van der Waals surface area contributed by atoms with Crippen LogP contribution in [0, 0.1) is 6.92 Å². The molecule has 29 heavy (non-hydrogen) atoms. The number of aryl methyl sites for hydroxylation is 1. The number of nitrogens with zero attached hydrogens (tertiary/aromatic N) is 4. The number of hydrogen-bond acceptors (Lipinski definition) is 5. The molecule has 1 aromatic carbocycles. The minimum absolute atomic E-state index is 0. The largest absolute Gasteiger partial charge is 0.370 e. The van der Waals surface area contributed by atoms with Crippen molar-refractivity contribution in [3.63, 3.8) is 0 Å². The molecule has 0 aliphatic carbocycles. The zero-order chi connectivity index (χ0) is 20.4. The van der Waals surface area contributed by atoms with Crippen LogP contribution in [0.2, 0.25) is 0 Å². The molecular weight excluding hydrogens is 479 g/mol. The number of rotatable bonds is 10. The van der Waals surface area contributed by atoms with E-state index in [0.29, 0.717) is 18.9 Å². The molecule has 0 fully saturated rings. The second-order valence-electron chi connectivity index (χ2n) is 7.06. The van der Waals surface area contributed by atoms with Crippen LogP contribution >= 0.6 is 24.0 Å². The summed E-state index contributed by atoms with van der Waals surface area (Å²) in [5, 5.41) is 10.7. The predicted octanol–water partition coefficient (Wildman–Crippen LogP) is 3.74. The fourth-order valence-electron chi connectivity index (χ4n) is 2.81. The van der Waals surface area contributed by atoms with E-state index in [1.807, 2.05) is 0 Å². The maximum Gasteiger partial charge on any atom is 0.228 e. The van der Waals surface area contributed by atoms with E-state index in [-0.39, 0.29) is 29.9 Å². The number of halogens is 1. The van der Waals surface area contributed by atoms with Crippen LogP contribution in [0.3, 0.4) is 0 Å². The summed E-state index contributed by atoms with van der Waals surface area (Å²) in [6, 6.07) is 8.61. The Bertz CT molecular complexity index is 746. The van der Waals surface area contributed by atoms with Gasteiger partial charge in [0, 0.05) is 44.2 Å². The van der Waals surface area contributed by atoms with E-state index in [9.17, 15) is 0 Å². The van der Waals surface area contributed by atoms with Crippen molar-refractivity contribution in [2.75, 3.05) is 37.6 Å². The van der Waals surface area contributed by atoms with Gasteiger partial charge in [0.05, 0.1) is 6.54 Å². The Morgan fingerprint density at radius 3 is 2.66 bits per heavy atom. The summed E-state index contributed by atoms with van der Waals surface area (Å²) in [5.41, 5.74) is 2.53. The third-order valence-corrected chi connectivity index (χ3v) is 4.36. The van der Waals surface area contributed by atoms with E-state index in [1.165, 1.54) is 11.3 Å². The molecule has 0 radical (unpaired) electrons. The summed E-state index contributed by atoms with van der Waals surface area (Å²) >= 11 is 0. The number of anilines is 1. The van der Waals surface area contributed by atoms with E-state index in [0.717, 1.165) is 38.0 Å². The number of guanidine groups is 1. The Morgan fingerprint density at radius 1 is 1.24 bits per heavy atom. The maximum atomic E-state index is 5.28. The molecule has 0 atom stereocenters. The third kappa shape index (κ3) is 8.59. The van der Waals surface area contributed by atoms with Crippen LogP contribution < -0.4 is 15.5 Å². The number of aliphatic imine (C=N–C) groups is 1. The lowest BCUT2D eigenvalue weighted by atomic mass is 10.2. The van der Waals surface area contributed by atoms with E-state index >= 15 is 0 Å². The highest BCUT2D eigenvalue weighted by molar-refractivity contribution is 14.0. The topological polar surface area (TPSA) is 78.6 Å². The van der Waals surface area contributed by atoms with Crippen LogP contribution in [-0.4, -0.2) is 48.8 Å². The van der Waals surface area contributed by atoms with Gasteiger partial charge in [-0.25, -0.2) is 0 Å². The van der Waals surface area contributed by atoms with Crippen molar-refractivity contribution in [3.8, 4) is 0 Å². The molecule has 1 heterocycles. The second-order valence-corrected chi connectivity index (χ2v) is 7.06. The molecule has 0 spiro atoms. The van der Waals surface area contributed by atoms with Gasteiger partial charge in [0.2, 0.25) is 5.89 Å². The summed E-state index contributed by atoms with van der Waals surface area (Å²) in [6.45, 7) is 14.6. The Hall–Kier alpha value is -1.84. The van der Waals surface area contributed by atoms with Gasteiger partial charge in [-0.15, -0.1) is 24.0 Å². The highest BCUT2D eigenvalue weighted by Crippen LogP contribution is 2.15. The lowest BCUT2D eigenvalue weighted by Gasteiger charge is -2.24. The molecule has 162 valence electrons. The average molecular weight is 514 g/mol. The molecule has 0 bridgehead atoms. The SMILES string of the molecule is CCNC(=NCCc1nc(C(C)C)no1)NCCN(CC)c1cccc(C)c1.I. The number of likely N-dealkylation sites (N-methyl/N-ethyl adjacent to an activating group) is 1. The van der Waals surface area contributed by atoms with Gasteiger partial charge in [0.1, 0.15) is 0 Å². The minimum Gasteiger partial charge on any atom is -0.370 e. The van der Waals surface area contributed by atoms with Gasteiger partial charge < -0.3 is 20.1 Å². The molecule has 1 aromatic heterocycles. The number of hydrogen-bond donors (Lipinski definition) is 2. The molecule has 7 nitrogen and oxygen atoms in total. The van der Waals surface area contributed by atoms with Gasteiger partial charge in [-0.1, -0.05) is 31.1 Å². The average Bonchev–Trinajstić information content (AvgIpc) is 3.14. The van der Waals surface area contributed by atoms with Crippen molar-refractivity contribution in [2.45, 2.75) is 47.0 Å². The molecule has 0 aliphatic rings. The molecule has 0 aliphatic heterocycles. The first-order valence-corrected chi connectivity index (χ1v) is 10.2. The predicted molar refractivity (Wildman–Crippen MR) is 131 cm³/mol. The van der Waals surface area contributed by atoms with E-state index in [1.54, 1.807) is 0 Å². The summed E-state index contributed by atoms with van der Waals surface area (Å²) in [7, 11) is 0. The highest BCUT2D eigenvalue weighted by atomic mass is 127. The smallest absolute Gasteiger partial charge is 0.228 e. The third-order valence-electron chi connectivity index (χ3n) is 4.36. The second kappa shape index (κ2) is 13.4. The Morgan fingerprint density at radius 2 is 2.03 bits per heavy atom. The van der Waals surface area contributed by atoms with Gasteiger partial charge in [0.25, 0.3) is 0 Å². The fourth-order valence-corrected chi connectivity index (χ4v) is 2.81. The van der Waals surface area contributed by atoms with Crippen molar-refractivity contribution in [1.82, 2.24) is 20.8 Å². The molecular formula is C21H35IN6O. The summed E-state index contributed by atoms with van der Waals surface area (Å²) in [4.78, 5) is 11.4. The molecule has 0 amide bonds. The summed E-state index contributed by atoms with van der Waals surface area (Å²) in [5.74, 6) is 2.47. The summed E-state index contributed by atoms with van der Waals surface area (Å²) < 4.78 is 5.28. The molecule has 0 saturated carbocycles. The fraction of sp³-hybridized carbons (Fsp3) is 0.571. The molecule has 0 saturated heterocycles. The van der Waals surface area contributed by atoms with Crippen LogP contribution in [0.25, 0.3) is 0 Å². The molecule has 0 unspecified atom stereocenters. The standard InChI is InChI=1S/C21H34N6O.HI/c1-6-22-21(23-12-11-19-25-20(16(3)4)26-28-19)24-13-14-27(7-2)18-10-8-9-17(5)15-18;/h8-10,15-16H,6-7,11-14H2,1-5H3,(H2,22,23,24);1H. The number of benzene rings is 1. The van der Waals surface area contributed by atoms with Crippen LogP contribution in [-0.2, 0) is 6.42 Å². The van der Waals surface area contributed by atoms with Crippen molar-refractivity contribution in [3.05, 3.63) is 41.5 Å². The first-order valence-electron chi connectivity index (χ1n) is 10.2. The normalized spacial score (nSPS) is 11.3. The molecule has 2 rings (SSSR count). The van der Waals surface area contributed by atoms with E-state index in [4.69, 9.17) is 4.52 Å². The number of nitrogens with one attached hydrogen (secondary N) is 2. The van der Waals surface area contributed by atoms with Crippen LogP contribution in [0.5, 0.6) is 0 Å². The van der Waals surface area contributed by atoms with Gasteiger partial charge in [-0.05, 0) is 38.5 Å². The summed E-state index contributed by atoms with van der Waals surface area (Å²) in [6.07, 6.45) is 0.640. The van der Waals surface area contributed by atoms with Crippen LogP contribution in [0.15, 0.2) is 33.8 Å². The number of aromatic nitrogens is 2. The van der Waals surface area contributed by atoms with Gasteiger partial charge in [-0.2, -0.15) is 4.98 Å². The first-order chi connectivity index (χ1) is 13.5. The lowest BCUT2D eigenvalue weighted by Crippen LogP contribution is -2.41. The Kier molecular flexibility index (Phi) is 11.6. The zero-order valence-corrected chi connectivity index (χ0v) is 20.6. The van der Waals surface area contributed by atoms with Gasteiger partial charge in [-0.3, -0.25) is 4.99 Å². The monoisotopic (exact) mass is 514 g/mol. The Balaban J connectivity index is 0.00000420. The highest BCUT2D eigenvalue weighted by Gasteiger charge is 2.09. The van der Waals surface area contributed by atoms with Gasteiger partial charge in [0.15, 0.2) is 11.8 Å². The lowest BCUT2D eigenvalue weighted by molar-refractivity contribution is 0.372. The van der Waals surface area contributed by atoms with E-state index < -0.39 is 0 Å². The van der Waals surface area contributed by atoms with Crippen LogP contribution in [0.1, 0.15) is 50.9 Å². The quantitative estimate of drug-likeness (QED) is 0.286. The molecule has 2 N–H and O–H groups in total. The van der Waals surface area contributed by atoms with Gasteiger partial charge >= 0.3 is 0 Å². The molecule has 2 aromatic rings. The van der Waals surface area contributed by atoms with Crippen molar-refractivity contribution in [2.24, 2.45) is 4.99 Å². The van der Waals surface area contributed by atoms with Crippen LogP contribution in [0.4, 0.5) is 5.69 Å².